The summed E-state index contributed by atoms with van der Waals surface area (Å²) in [4.78, 5) is 17.0. The van der Waals surface area contributed by atoms with E-state index in [1.165, 1.54) is 11.3 Å². The minimum Gasteiger partial charge on any atom is -0.394 e. The maximum absolute atomic E-state index is 12.4. The third kappa shape index (κ3) is 2.25. The molecule has 1 amide bonds. The standard InChI is InChI=1S/C14H22N2O3S/c1-5-19-10-6-14(7-17,13(10,3)4)16-12(18)11-9(2)15-8-20-11/h8,10,17H,5-7H2,1-4H3,(H,16,18)/t10-,14-/m0/s1. The fourth-order valence-corrected chi connectivity index (χ4v) is 3.49. The van der Waals surface area contributed by atoms with Gasteiger partial charge in [-0.1, -0.05) is 13.8 Å². The van der Waals surface area contributed by atoms with Crippen LogP contribution in [0.1, 0.15) is 42.6 Å². The molecule has 0 aliphatic heterocycles. The number of hydrogen-bond acceptors (Lipinski definition) is 5. The van der Waals surface area contributed by atoms with Gasteiger partial charge in [-0.05, 0) is 13.8 Å². The number of aryl methyl sites for hydroxylation is 1. The number of nitrogens with zero attached hydrogens (tertiary/aromatic N) is 1. The van der Waals surface area contributed by atoms with E-state index in [4.69, 9.17) is 4.74 Å². The van der Waals surface area contributed by atoms with Gasteiger partial charge in [0, 0.05) is 18.4 Å². The predicted molar refractivity (Wildman–Crippen MR) is 77.9 cm³/mol. The van der Waals surface area contributed by atoms with Gasteiger partial charge in [0.1, 0.15) is 4.88 Å². The lowest BCUT2D eigenvalue weighted by Crippen LogP contribution is -2.74. The summed E-state index contributed by atoms with van der Waals surface area (Å²) in [5.41, 5.74) is 1.45. The number of ether oxygens (including phenoxy) is 1. The van der Waals surface area contributed by atoms with Crippen LogP contribution >= 0.6 is 11.3 Å². The van der Waals surface area contributed by atoms with Crippen LogP contribution in [-0.2, 0) is 4.74 Å². The first kappa shape index (κ1) is 15.4. The number of amides is 1. The summed E-state index contributed by atoms with van der Waals surface area (Å²) < 4.78 is 5.67. The molecular formula is C14H22N2O3S. The summed E-state index contributed by atoms with van der Waals surface area (Å²) >= 11 is 1.32. The summed E-state index contributed by atoms with van der Waals surface area (Å²) in [7, 11) is 0. The molecule has 1 aromatic heterocycles. The van der Waals surface area contributed by atoms with Crippen molar-refractivity contribution in [3.05, 3.63) is 16.1 Å². The minimum atomic E-state index is -0.625. The molecule has 1 aliphatic carbocycles. The third-order valence-corrected chi connectivity index (χ3v) is 5.44. The van der Waals surface area contributed by atoms with Crippen LogP contribution < -0.4 is 5.32 Å². The van der Waals surface area contributed by atoms with Crippen molar-refractivity contribution in [2.24, 2.45) is 5.41 Å². The topological polar surface area (TPSA) is 71.5 Å². The number of carbonyl (C=O) groups is 1. The summed E-state index contributed by atoms with van der Waals surface area (Å²) in [6, 6.07) is 0. The molecule has 1 heterocycles. The van der Waals surface area contributed by atoms with Crippen LogP contribution in [0.4, 0.5) is 0 Å². The first-order valence-electron chi connectivity index (χ1n) is 6.83. The number of carbonyl (C=O) groups excluding carboxylic acids is 1. The highest BCUT2D eigenvalue weighted by Crippen LogP contribution is 2.51. The summed E-state index contributed by atoms with van der Waals surface area (Å²) in [5, 5.41) is 12.8. The fourth-order valence-electron chi connectivity index (χ4n) is 2.79. The van der Waals surface area contributed by atoms with E-state index in [-0.39, 0.29) is 24.0 Å². The van der Waals surface area contributed by atoms with Gasteiger partial charge < -0.3 is 15.2 Å². The van der Waals surface area contributed by atoms with Gasteiger partial charge >= 0.3 is 0 Å². The zero-order valence-electron chi connectivity index (χ0n) is 12.4. The van der Waals surface area contributed by atoms with Gasteiger partial charge in [-0.2, -0.15) is 0 Å². The van der Waals surface area contributed by atoms with Crippen molar-refractivity contribution in [3.63, 3.8) is 0 Å². The molecule has 2 N–H and O–H groups in total. The SMILES string of the molecule is CCO[C@H]1C[C@@](CO)(NC(=O)c2scnc2C)C1(C)C. The van der Waals surface area contributed by atoms with E-state index in [2.05, 4.69) is 10.3 Å². The summed E-state index contributed by atoms with van der Waals surface area (Å²) in [6.07, 6.45) is 0.691. The Hall–Kier alpha value is -0.980. The first-order valence-corrected chi connectivity index (χ1v) is 7.71. The lowest BCUT2D eigenvalue weighted by molar-refractivity contribution is -0.172. The van der Waals surface area contributed by atoms with Gasteiger partial charge in [0.05, 0.1) is 29.5 Å². The maximum atomic E-state index is 12.4. The van der Waals surface area contributed by atoms with Crippen molar-refractivity contribution >= 4 is 17.2 Å². The van der Waals surface area contributed by atoms with E-state index in [1.807, 2.05) is 27.7 Å². The second-order valence-corrected chi connectivity index (χ2v) is 6.69. The van der Waals surface area contributed by atoms with Crippen molar-refractivity contribution in [2.45, 2.75) is 45.8 Å². The van der Waals surface area contributed by atoms with Crippen molar-refractivity contribution in [1.29, 1.82) is 0 Å². The van der Waals surface area contributed by atoms with E-state index in [0.29, 0.717) is 17.9 Å². The summed E-state index contributed by atoms with van der Waals surface area (Å²) in [6.45, 7) is 8.35. The zero-order chi connectivity index (χ0) is 15.0. The smallest absolute Gasteiger partial charge is 0.263 e. The molecule has 0 bridgehead atoms. The van der Waals surface area contributed by atoms with Crippen LogP contribution in [0.25, 0.3) is 0 Å². The molecule has 20 heavy (non-hydrogen) atoms. The Morgan fingerprint density at radius 2 is 2.35 bits per heavy atom. The molecule has 1 aromatic rings. The van der Waals surface area contributed by atoms with Gasteiger partial charge in [0.15, 0.2) is 0 Å². The van der Waals surface area contributed by atoms with Crippen LogP contribution in [0.3, 0.4) is 0 Å². The first-order chi connectivity index (χ1) is 9.38. The second kappa shape index (κ2) is 5.42. The highest BCUT2D eigenvalue weighted by molar-refractivity contribution is 7.11. The van der Waals surface area contributed by atoms with E-state index >= 15 is 0 Å². The van der Waals surface area contributed by atoms with E-state index in [1.54, 1.807) is 5.51 Å². The molecule has 6 heteroatoms. The molecule has 1 saturated carbocycles. The largest absolute Gasteiger partial charge is 0.394 e. The predicted octanol–water partition coefficient (Wildman–Crippen LogP) is 1.75. The molecule has 5 nitrogen and oxygen atoms in total. The molecular weight excluding hydrogens is 276 g/mol. The molecule has 0 spiro atoms. The number of thiazole rings is 1. The lowest BCUT2D eigenvalue weighted by atomic mass is 9.54. The Kier molecular flexibility index (Phi) is 4.18. The zero-order valence-corrected chi connectivity index (χ0v) is 13.2. The molecule has 1 fully saturated rings. The van der Waals surface area contributed by atoms with Gasteiger partial charge in [-0.3, -0.25) is 4.79 Å². The Morgan fingerprint density at radius 1 is 1.65 bits per heavy atom. The van der Waals surface area contributed by atoms with E-state index in [9.17, 15) is 9.90 Å². The quantitative estimate of drug-likeness (QED) is 0.868. The Labute approximate surface area is 123 Å². The van der Waals surface area contributed by atoms with Crippen molar-refractivity contribution < 1.29 is 14.6 Å². The van der Waals surface area contributed by atoms with Crippen LogP contribution in [-0.4, -0.2) is 40.9 Å². The molecule has 0 aromatic carbocycles. The Morgan fingerprint density at radius 3 is 2.80 bits per heavy atom. The second-order valence-electron chi connectivity index (χ2n) is 5.83. The van der Waals surface area contributed by atoms with Gasteiger partial charge in [0.2, 0.25) is 0 Å². The van der Waals surface area contributed by atoms with Crippen LogP contribution in [0, 0.1) is 12.3 Å². The minimum absolute atomic E-state index is 0.0579. The maximum Gasteiger partial charge on any atom is 0.263 e. The molecule has 2 atom stereocenters. The monoisotopic (exact) mass is 298 g/mol. The molecule has 1 aliphatic rings. The van der Waals surface area contributed by atoms with Gasteiger partial charge in [-0.25, -0.2) is 4.98 Å². The van der Waals surface area contributed by atoms with Gasteiger partial charge in [-0.15, -0.1) is 11.3 Å². The average Bonchev–Trinajstić information content (AvgIpc) is 2.83. The van der Waals surface area contributed by atoms with Crippen LogP contribution in [0.15, 0.2) is 5.51 Å². The number of aliphatic hydroxyl groups is 1. The van der Waals surface area contributed by atoms with Crippen LogP contribution in [0.2, 0.25) is 0 Å². The highest BCUT2D eigenvalue weighted by Gasteiger charge is 2.61. The number of hydrogen-bond donors (Lipinski definition) is 2. The lowest BCUT2D eigenvalue weighted by Gasteiger charge is -2.60. The fraction of sp³-hybridized carbons (Fsp3) is 0.714. The summed E-state index contributed by atoms with van der Waals surface area (Å²) in [5.74, 6) is -0.165. The van der Waals surface area contributed by atoms with E-state index in [0.717, 1.165) is 5.69 Å². The molecule has 0 saturated heterocycles. The normalized spacial score (nSPS) is 27.9. The number of rotatable bonds is 5. The molecule has 2 rings (SSSR count). The highest BCUT2D eigenvalue weighted by atomic mass is 32.1. The van der Waals surface area contributed by atoms with Crippen molar-refractivity contribution in [1.82, 2.24) is 10.3 Å². The van der Waals surface area contributed by atoms with Crippen LogP contribution in [0.5, 0.6) is 0 Å². The number of aliphatic hydroxyl groups excluding tert-OH is 1. The number of aromatic nitrogens is 1. The number of nitrogens with one attached hydrogen (secondary N) is 1. The third-order valence-electron chi connectivity index (χ3n) is 4.51. The van der Waals surface area contributed by atoms with Crippen molar-refractivity contribution in [3.8, 4) is 0 Å². The Bertz CT molecular complexity index is 500. The molecule has 112 valence electrons. The van der Waals surface area contributed by atoms with Crippen molar-refractivity contribution in [2.75, 3.05) is 13.2 Å². The molecule has 0 radical (unpaired) electrons. The van der Waals surface area contributed by atoms with Gasteiger partial charge in [0.25, 0.3) is 5.91 Å². The van der Waals surface area contributed by atoms with E-state index < -0.39 is 5.54 Å². The Balaban J connectivity index is 2.14. The molecule has 0 unspecified atom stereocenters. The average molecular weight is 298 g/mol.